The normalized spacial score (nSPS) is 32.7. The smallest absolute Gasteiger partial charge is 0.315 e. The fourth-order valence-corrected chi connectivity index (χ4v) is 4.90. The first kappa shape index (κ1) is 13.1. The van der Waals surface area contributed by atoms with Crippen molar-refractivity contribution in [3.05, 3.63) is 0 Å². The molecule has 0 unspecified atom stereocenters. The van der Waals surface area contributed by atoms with Crippen LogP contribution in [0.4, 0.5) is 4.79 Å². The van der Waals surface area contributed by atoms with Crippen LogP contribution in [0.2, 0.25) is 0 Å². The third kappa shape index (κ3) is 2.58. The Kier molecular flexibility index (Phi) is 3.47. The highest BCUT2D eigenvalue weighted by Gasteiger charge is 2.51. The second kappa shape index (κ2) is 4.75. The number of aliphatic carboxylic acids is 1. The number of hydrogen-bond donors (Lipinski definition) is 3. The molecule has 0 saturated carbocycles. The second-order valence-corrected chi connectivity index (χ2v) is 7.02. The van der Waals surface area contributed by atoms with Gasteiger partial charge in [-0.1, -0.05) is 6.42 Å². The molecule has 2 amide bonds. The lowest BCUT2D eigenvalue weighted by Gasteiger charge is -2.15. The van der Waals surface area contributed by atoms with E-state index >= 15 is 0 Å². The van der Waals surface area contributed by atoms with Gasteiger partial charge in [0.05, 0.1) is 23.1 Å². The molecule has 2 aliphatic heterocycles. The zero-order valence-electron chi connectivity index (χ0n) is 9.76. The van der Waals surface area contributed by atoms with Gasteiger partial charge < -0.3 is 15.7 Å². The van der Waals surface area contributed by atoms with Crippen LogP contribution in [0, 0.1) is 0 Å². The Morgan fingerprint density at radius 3 is 2.72 bits per heavy atom. The fraction of sp³-hybridized carbons (Fsp3) is 0.800. The van der Waals surface area contributed by atoms with E-state index in [2.05, 4.69) is 10.6 Å². The third-order valence-corrected chi connectivity index (χ3v) is 5.73. The second-order valence-electron chi connectivity index (χ2n) is 4.76. The lowest BCUT2D eigenvalue weighted by Crippen LogP contribution is -2.39. The predicted molar refractivity (Wildman–Crippen MR) is 62.9 cm³/mol. The van der Waals surface area contributed by atoms with Crippen molar-refractivity contribution in [3.8, 4) is 0 Å². The summed E-state index contributed by atoms with van der Waals surface area (Å²) in [6, 6.07) is -1.03. The molecular weight excluding hydrogens is 260 g/mol. The summed E-state index contributed by atoms with van der Waals surface area (Å²) in [7, 11) is -3.20. The third-order valence-electron chi connectivity index (χ3n) is 3.45. The molecule has 0 aromatic heterocycles. The van der Waals surface area contributed by atoms with Crippen molar-refractivity contribution >= 4 is 21.8 Å². The maximum atomic E-state index is 11.9. The molecule has 0 aromatic carbocycles. The van der Waals surface area contributed by atoms with Crippen molar-refractivity contribution in [2.45, 2.75) is 43.0 Å². The van der Waals surface area contributed by atoms with Gasteiger partial charge in [-0.2, -0.15) is 0 Å². The van der Waals surface area contributed by atoms with E-state index in [-0.39, 0.29) is 30.3 Å². The number of carbonyl (C=O) groups is 2. The summed E-state index contributed by atoms with van der Waals surface area (Å²) >= 11 is 0. The molecular formula is C10H16N2O5S. The van der Waals surface area contributed by atoms with Gasteiger partial charge in [0.2, 0.25) is 0 Å². The number of hydrogen-bond acceptors (Lipinski definition) is 4. The van der Waals surface area contributed by atoms with Gasteiger partial charge >= 0.3 is 12.0 Å². The van der Waals surface area contributed by atoms with Gasteiger partial charge in [-0.25, -0.2) is 13.2 Å². The van der Waals surface area contributed by atoms with Crippen molar-refractivity contribution in [2.24, 2.45) is 0 Å². The monoisotopic (exact) mass is 276 g/mol. The highest BCUT2D eigenvalue weighted by Crippen LogP contribution is 2.28. The van der Waals surface area contributed by atoms with Crippen LogP contribution >= 0.6 is 0 Å². The molecule has 2 saturated heterocycles. The average Bonchev–Trinajstić information content (AvgIpc) is 2.66. The Balaban J connectivity index is 1.93. The summed E-state index contributed by atoms with van der Waals surface area (Å²) in [6.45, 7) is 0. The summed E-state index contributed by atoms with van der Waals surface area (Å²) in [5.74, 6) is -0.905. The number of unbranched alkanes of at least 4 members (excludes halogenated alkanes) is 1. The first-order valence-corrected chi connectivity index (χ1v) is 7.62. The first-order valence-electron chi connectivity index (χ1n) is 5.90. The lowest BCUT2D eigenvalue weighted by atomic mass is 10.0. The van der Waals surface area contributed by atoms with E-state index in [0.29, 0.717) is 19.3 Å². The van der Waals surface area contributed by atoms with Gasteiger partial charge in [0, 0.05) is 6.42 Å². The number of carboxylic acids is 1. The van der Waals surface area contributed by atoms with Crippen molar-refractivity contribution < 1.29 is 23.1 Å². The van der Waals surface area contributed by atoms with Crippen LogP contribution in [0.15, 0.2) is 0 Å². The minimum atomic E-state index is -3.20. The van der Waals surface area contributed by atoms with Crippen molar-refractivity contribution in [3.63, 3.8) is 0 Å². The molecule has 2 fully saturated rings. The van der Waals surface area contributed by atoms with E-state index in [1.165, 1.54) is 0 Å². The maximum absolute atomic E-state index is 11.9. The van der Waals surface area contributed by atoms with Gasteiger partial charge in [-0.05, 0) is 12.8 Å². The van der Waals surface area contributed by atoms with Crippen LogP contribution in [-0.4, -0.2) is 48.6 Å². The standard InChI is InChI=1S/C10H16N2O5S/c13-8(14)4-2-1-3-7-9-6(5-18(7,16)17)11-10(15)12-9/h6-7,9H,1-5H2,(H,13,14)(H2,11,12,15)/t6-,7-,9-/m0/s1. The van der Waals surface area contributed by atoms with Gasteiger partial charge in [0.1, 0.15) is 0 Å². The van der Waals surface area contributed by atoms with E-state index in [0.717, 1.165) is 0 Å². The summed E-state index contributed by atoms with van der Waals surface area (Å²) in [5, 5.41) is 13.1. The maximum Gasteiger partial charge on any atom is 0.315 e. The van der Waals surface area contributed by atoms with Crippen molar-refractivity contribution in [2.75, 3.05) is 5.75 Å². The molecule has 102 valence electrons. The number of carboxylic acid groups (broad SMARTS) is 1. The van der Waals surface area contributed by atoms with E-state index < -0.39 is 21.1 Å². The molecule has 3 atom stereocenters. The molecule has 2 aliphatic rings. The molecule has 0 radical (unpaired) electrons. The molecule has 8 heteroatoms. The lowest BCUT2D eigenvalue weighted by molar-refractivity contribution is -0.137. The van der Waals surface area contributed by atoms with Crippen LogP contribution in [0.25, 0.3) is 0 Å². The molecule has 3 N–H and O–H groups in total. The van der Waals surface area contributed by atoms with Crippen LogP contribution in [0.3, 0.4) is 0 Å². The summed E-state index contributed by atoms with van der Waals surface area (Å²) in [4.78, 5) is 21.5. The number of carbonyl (C=O) groups excluding carboxylic acids is 1. The Hall–Kier alpha value is -1.31. The van der Waals surface area contributed by atoms with Crippen LogP contribution < -0.4 is 10.6 Å². The zero-order chi connectivity index (χ0) is 13.3. The van der Waals surface area contributed by atoms with Gasteiger partial charge in [0.15, 0.2) is 9.84 Å². The van der Waals surface area contributed by atoms with Gasteiger partial charge in [-0.3, -0.25) is 4.79 Å². The number of nitrogens with one attached hydrogen (secondary N) is 2. The minimum absolute atomic E-state index is 0.0278. The minimum Gasteiger partial charge on any atom is -0.481 e. The first-order chi connectivity index (χ1) is 8.40. The van der Waals surface area contributed by atoms with Gasteiger partial charge in [-0.15, -0.1) is 0 Å². The largest absolute Gasteiger partial charge is 0.481 e. The molecule has 2 rings (SSSR count). The quantitative estimate of drug-likeness (QED) is 0.462. The van der Waals surface area contributed by atoms with Crippen molar-refractivity contribution in [1.29, 1.82) is 0 Å². The number of fused-ring (bicyclic) bond motifs is 1. The molecule has 7 nitrogen and oxygen atoms in total. The van der Waals surface area contributed by atoms with Crippen LogP contribution in [0.5, 0.6) is 0 Å². The molecule has 0 aromatic rings. The fourth-order valence-electron chi connectivity index (χ4n) is 2.63. The average molecular weight is 276 g/mol. The predicted octanol–water partition coefficient (Wildman–Crippen LogP) is -0.522. The molecule has 0 spiro atoms. The number of urea groups is 1. The molecule has 0 aliphatic carbocycles. The number of sulfone groups is 1. The highest BCUT2D eigenvalue weighted by atomic mass is 32.2. The molecule has 2 heterocycles. The zero-order valence-corrected chi connectivity index (χ0v) is 10.6. The Morgan fingerprint density at radius 1 is 1.33 bits per heavy atom. The highest BCUT2D eigenvalue weighted by molar-refractivity contribution is 7.92. The van der Waals surface area contributed by atoms with Crippen LogP contribution in [0.1, 0.15) is 25.7 Å². The Bertz CT molecular complexity index is 461. The topological polar surface area (TPSA) is 113 Å². The number of rotatable bonds is 5. The Morgan fingerprint density at radius 2 is 2.06 bits per heavy atom. The van der Waals surface area contributed by atoms with E-state index in [4.69, 9.17) is 5.11 Å². The SMILES string of the molecule is O=C(O)CCCC[C@H]1[C@H]2NC(=O)N[C@H]2CS1(=O)=O. The number of amides is 2. The summed E-state index contributed by atoms with van der Waals surface area (Å²) in [5.41, 5.74) is 0. The van der Waals surface area contributed by atoms with Crippen LogP contribution in [-0.2, 0) is 14.6 Å². The molecule has 18 heavy (non-hydrogen) atoms. The Labute approximate surface area is 105 Å². The van der Waals surface area contributed by atoms with Crippen molar-refractivity contribution in [1.82, 2.24) is 10.6 Å². The summed E-state index contributed by atoms with van der Waals surface area (Å²) in [6.07, 6.45) is 1.44. The van der Waals surface area contributed by atoms with E-state index in [1.54, 1.807) is 0 Å². The molecule has 0 bridgehead atoms. The van der Waals surface area contributed by atoms with E-state index in [9.17, 15) is 18.0 Å². The van der Waals surface area contributed by atoms with E-state index in [1.807, 2.05) is 0 Å². The summed E-state index contributed by atoms with van der Waals surface area (Å²) < 4.78 is 23.8. The van der Waals surface area contributed by atoms with Gasteiger partial charge in [0.25, 0.3) is 0 Å².